The third kappa shape index (κ3) is 2.93. The molecule has 0 aliphatic rings. The Labute approximate surface area is 104 Å². The summed E-state index contributed by atoms with van der Waals surface area (Å²) in [6, 6.07) is 9.82. The Balaban J connectivity index is 0.000000531. The minimum absolute atomic E-state index is 0.709. The van der Waals surface area contributed by atoms with Crippen molar-refractivity contribution in [3.8, 4) is 0 Å². The molecule has 0 aliphatic carbocycles. The number of rotatable bonds is 1. The summed E-state index contributed by atoms with van der Waals surface area (Å²) < 4.78 is 0. The molecule has 15 heavy (non-hydrogen) atoms. The molecule has 1 aromatic carbocycles. The zero-order valence-electron chi connectivity index (χ0n) is 8.80. The molecule has 0 amide bonds. The van der Waals surface area contributed by atoms with Crippen molar-refractivity contribution in [3.05, 3.63) is 41.0 Å². The molecular weight excluding hydrogens is 273 g/mol. The van der Waals surface area contributed by atoms with E-state index >= 15 is 0 Å². The number of hydrogen-bond acceptors (Lipinski definition) is 1. The standard InChI is InChI=1S/C10H7BrClN.C2H6/c11-6-8-5-4-7-2-1-3-9(12)10(7)13-8;1-2/h1-5H,6H2;1-2H3. The lowest BCUT2D eigenvalue weighted by Gasteiger charge is -2.00. The number of benzene rings is 1. The predicted molar refractivity (Wildman–Crippen MR) is 70.7 cm³/mol. The minimum Gasteiger partial charge on any atom is -0.250 e. The summed E-state index contributed by atoms with van der Waals surface area (Å²) in [5.41, 5.74) is 1.88. The molecule has 0 radical (unpaired) electrons. The molecule has 80 valence electrons. The molecule has 0 atom stereocenters. The lowest BCUT2D eigenvalue weighted by Crippen LogP contribution is -1.86. The van der Waals surface area contributed by atoms with Gasteiger partial charge in [0.05, 0.1) is 16.2 Å². The van der Waals surface area contributed by atoms with Crippen LogP contribution in [0.25, 0.3) is 10.9 Å². The number of alkyl halides is 1. The molecule has 0 N–H and O–H groups in total. The number of pyridine rings is 1. The average Bonchev–Trinajstić information content (AvgIpc) is 2.32. The van der Waals surface area contributed by atoms with Crippen molar-refractivity contribution in [3.63, 3.8) is 0 Å². The van der Waals surface area contributed by atoms with Crippen LogP contribution in [0.3, 0.4) is 0 Å². The average molecular weight is 287 g/mol. The number of halogens is 2. The van der Waals surface area contributed by atoms with Gasteiger partial charge in [-0.25, -0.2) is 0 Å². The van der Waals surface area contributed by atoms with Gasteiger partial charge < -0.3 is 0 Å². The van der Waals surface area contributed by atoms with E-state index in [1.165, 1.54) is 0 Å². The van der Waals surface area contributed by atoms with Crippen LogP contribution >= 0.6 is 27.5 Å². The van der Waals surface area contributed by atoms with Crippen molar-refractivity contribution in [2.45, 2.75) is 19.2 Å². The molecule has 0 bridgehead atoms. The highest BCUT2D eigenvalue weighted by atomic mass is 79.9. The SMILES string of the molecule is CC.Clc1cccc2ccc(CBr)nc12. The van der Waals surface area contributed by atoms with E-state index in [1.807, 2.05) is 44.2 Å². The predicted octanol–water partition coefficient (Wildman–Crippen LogP) is 4.81. The maximum absolute atomic E-state index is 6.01. The number of hydrogen-bond donors (Lipinski definition) is 0. The van der Waals surface area contributed by atoms with Crippen molar-refractivity contribution in [2.24, 2.45) is 0 Å². The third-order valence-corrected chi connectivity index (χ3v) is 2.75. The minimum atomic E-state index is 0.709. The molecule has 1 heterocycles. The molecule has 0 aliphatic heterocycles. The summed E-state index contributed by atoms with van der Waals surface area (Å²) in [7, 11) is 0. The maximum Gasteiger partial charge on any atom is 0.0891 e. The van der Waals surface area contributed by atoms with Crippen LogP contribution < -0.4 is 0 Å². The summed E-state index contributed by atoms with van der Waals surface area (Å²) in [5, 5.41) is 2.55. The topological polar surface area (TPSA) is 12.9 Å². The Kier molecular flexibility index (Phi) is 5.06. The quantitative estimate of drug-likeness (QED) is 0.686. The highest BCUT2D eigenvalue weighted by Gasteiger charge is 2.00. The molecular formula is C12H13BrClN. The van der Waals surface area contributed by atoms with Gasteiger partial charge in [-0.2, -0.15) is 0 Å². The van der Waals surface area contributed by atoms with Crippen molar-refractivity contribution < 1.29 is 0 Å². The number of fused-ring (bicyclic) bond motifs is 1. The van der Waals surface area contributed by atoms with Gasteiger partial charge in [-0.05, 0) is 12.1 Å². The molecule has 0 fully saturated rings. The zero-order chi connectivity index (χ0) is 11.3. The highest BCUT2D eigenvalue weighted by molar-refractivity contribution is 9.08. The highest BCUT2D eigenvalue weighted by Crippen LogP contribution is 2.21. The second kappa shape index (κ2) is 6.09. The first-order valence-electron chi connectivity index (χ1n) is 4.91. The van der Waals surface area contributed by atoms with Crippen LogP contribution in [-0.4, -0.2) is 4.98 Å². The molecule has 0 unspecified atom stereocenters. The molecule has 2 rings (SSSR count). The lowest BCUT2D eigenvalue weighted by atomic mass is 10.2. The van der Waals surface area contributed by atoms with Gasteiger partial charge in [0.1, 0.15) is 0 Å². The van der Waals surface area contributed by atoms with Gasteiger partial charge in [0.15, 0.2) is 0 Å². The van der Waals surface area contributed by atoms with Gasteiger partial charge in [0, 0.05) is 10.7 Å². The van der Waals surface area contributed by atoms with Crippen LogP contribution in [0.15, 0.2) is 30.3 Å². The Hall–Kier alpha value is -0.600. The normalized spacial score (nSPS) is 9.60. The van der Waals surface area contributed by atoms with Crippen molar-refractivity contribution >= 4 is 38.4 Å². The van der Waals surface area contributed by atoms with E-state index in [-0.39, 0.29) is 0 Å². The first kappa shape index (κ1) is 12.5. The van der Waals surface area contributed by atoms with Crippen molar-refractivity contribution in [1.82, 2.24) is 4.98 Å². The van der Waals surface area contributed by atoms with E-state index in [9.17, 15) is 0 Å². The third-order valence-electron chi connectivity index (χ3n) is 1.87. The Morgan fingerprint density at radius 1 is 1.20 bits per heavy atom. The number of aromatic nitrogens is 1. The van der Waals surface area contributed by atoms with Gasteiger partial charge >= 0.3 is 0 Å². The van der Waals surface area contributed by atoms with E-state index in [1.54, 1.807) is 0 Å². The molecule has 0 spiro atoms. The second-order valence-electron chi connectivity index (χ2n) is 2.75. The van der Waals surface area contributed by atoms with Gasteiger partial charge in [-0.1, -0.05) is 59.6 Å². The Bertz CT molecular complexity index is 443. The van der Waals surface area contributed by atoms with E-state index in [0.717, 1.165) is 21.9 Å². The smallest absolute Gasteiger partial charge is 0.0891 e. The van der Waals surface area contributed by atoms with Crippen molar-refractivity contribution in [2.75, 3.05) is 0 Å². The maximum atomic E-state index is 6.01. The van der Waals surface area contributed by atoms with Crippen LogP contribution in [0.2, 0.25) is 5.02 Å². The molecule has 1 aromatic heterocycles. The number of nitrogens with zero attached hydrogens (tertiary/aromatic N) is 1. The van der Waals surface area contributed by atoms with Crippen LogP contribution in [0, 0.1) is 0 Å². The molecule has 1 nitrogen and oxygen atoms in total. The number of para-hydroxylation sites is 1. The fraction of sp³-hybridized carbons (Fsp3) is 0.250. The molecule has 0 saturated carbocycles. The second-order valence-corrected chi connectivity index (χ2v) is 3.72. The first-order valence-corrected chi connectivity index (χ1v) is 6.41. The molecule has 3 heteroatoms. The fourth-order valence-corrected chi connectivity index (χ4v) is 1.76. The zero-order valence-corrected chi connectivity index (χ0v) is 11.1. The van der Waals surface area contributed by atoms with Crippen LogP contribution in [0.4, 0.5) is 0 Å². The van der Waals surface area contributed by atoms with Crippen LogP contribution in [0.5, 0.6) is 0 Å². The van der Waals surface area contributed by atoms with Crippen molar-refractivity contribution in [1.29, 1.82) is 0 Å². The van der Waals surface area contributed by atoms with E-state index in [4.69, 9.17) is 11.6 Å². The largest absolute Gasteiger partial charge is 0.250 e. The van der Waals surface area contributed by atoms with Crippen LogP contribution in [-0.2, 0) is 5.33 Å². The molecule has 2 aromatic rings. The summed E-state index contributed by atoms with van der Waals surface area (Å²) in [6.45, 7) is 4.00. The van der Waals surface area contributed by atoms with E-state index in [0.29, 0.717) is 5.02 Å². The summed E-state index contributed by atoms with van der Waals surface area (Å²) >= 11 is 9.37. The molecule has 0 saturated heterocycles. The van der Waals surface area contributed by atoms with Gasteiger partial charge in [0.2, 0.25) is 0 Å². The fourth-order valence-electron chi connectivity index (χ4n) is 1.23. The van der Waals surface area contributed by atoms with Gasteiger partial charge in [-0.3, -0.25) is 4.98 Å². The van der Waals surface area contributed by atoms with Crippen LogP contribution in [0.1, 0.15) is 19.5 Å². The van der Waals surface area contributed by atoms with Gasteiger partial charge in [-0.15, -0.1) is 0 Å². The van der Waals surface area contributed by atoms with Gasteiger partial charge in [0.25, 0.3) is 0 Å². The lowest BCUT2D eigenvalue weighted by molar-refractivity contribution is 1.24. The van der Waals surface area contributed by atoms with E-state index < -0.39 is 0 Å². The Morgan fingerprint density at radius 2 is 1.93 bits per heavy atom. The Morgan fingerprint density at radius 3 is 2.60 bits per heavy atom. The summed E-state index contributed by atoms with van der Waals surface area (Å²) in [4.78, 5) is 4.41. The summed E-state index contributed by atoms with van der Waals surface area (Å²) in [6.07, 6.45) is 0. The van der Waals surface area contributed by atoms with E-state index in [2.05, 4.69) is 20.9 Å². The monoisotopic (exact) mass is 285 g/mol. The first-order chi connectivity index (χ1) is 7.31. The summed E-state index contributed by atoms with van der Waals surface area (Å²) in [5.74, 6) is 0.